The second kappa shape index (κ2) is 2.92. The van der Waals surface area contributed by atoms with Gasteiger partial charge in [0.1, 0.15) is 6.20 Å². The predicted octanol–water partition coefficient (Wildman–Crippen LogP) is 0.209. The Hall–Kier alpha value is -1.39. The van der Waals surface area contributed by atoms with Gasteiger partial charge in [-0.1, -0.05) is 5.16 Å². The van der Waals surface area contributed by atoms with Crippen molar-refractivity contribution in [2.75, 3.05) is 6.54 Å². The summed E-state index contributed by atoms with van der Waals surface area (Å²) < 4.78 is 4.30. The van der Waals surface area contributed by atoms with Gasteiger partial charge < -0.3 is 5.32 Å². The quantitative estimate of drug-likeness (QED) is 0.698. The number of amides is 1. The van der Waals surface area contributed by atoms with Crippen LogP contribution < -0.4 is 5.32 Å². The Kier molecular flexibility index (Phi) is 1.77. The molecule has 1 heterocycles. The van der Waals surface area contributed by atoms with Gasteiger partial charge in [-0.2, -0.15) is 0 Å². The zero-order valence-electron chi connectivity index (χ0n) is 6.49. The molecular formula is C7H9N3O2. The molecule has 12 heavy (non-hydrogen) atoms. The normalized spacial score (nSPS) is 16.0. The number of hydrogen-bond donors (Lipinski definition) is 1. The van der Waals surface area contributed by atoms with E-state index in [1.807, 2.05) is 0 Å². The molecule has 1 fully saturated rings. The summed E-state index contributed by atoms with van der Waals surface area (Å²) >= 11 is 0. The van der Waals surface area contributed by atoms with Gasteiger partial charge in [-0.05, 0) is 23.9 Å². The average Bonchev–Trinajstić information content (AvgIpc) is 2.74. The standard InChI is InChI=1S/C7H9N3O2/c11-7(6-4-9-12-10-6)8-3-5-1-2-5/h4-5H,1-3H2,(H,8,11). The van der Waals surface area contributed by atoms with Crippen molar-refractivity contribution >= 4 is 5.91 Å². The van der Waals surface area contributed by atoms with Gasteiger partial charge >= 0.3 is 0 Å². The second-order valence-electron chi connectivity index (χ2n) is 2.95. The predicted molar refractivity (Wildman–Crippen MR) is 39.4 cm³/mol. The number of rotatable bonds is 3. The smallest absolute Gasteiger partial charge is 0.275 e. The molecule has 0 radical (unpaired) electrons. The minimum Gasteiger partial charge on any atom is -0.350 e. The Bertz CT molecular complexity index is 266. The van der Waals surface area contributed by atoms with Gasteiger partial charge in [0, 0.05) is 6.54 Å². The molecule has 5 nitrogen and oxygen atoms in total. The molecule has 1 N–H and O–H groups in total. The summed E-state index contributed by atoms with van der Waals surface area (Å²) in [6.45, 7) is 0.742. The van der Waals surface area contributed by atoms with E-state index in [1.54, 1.807) is 0 Å². The summed E-state index contributed by atoms with van der Waals surface area (Å²) in [7, 11) is 0. The van der Waals surface area contributed by atoms with E-state index in [1.165, 1.54) is 19.0 Å². The minimum atomic E-state index is -0.205. The molecule has 1 aliphatic carbocycles. The first-order valence-electron chi connectivity index (χ1n) is 3.92. The van der Waals surface area contributed by atoms with Crippen LogP contribution in [0.2, 0.25) is 0 Å². The summed E-state index contributed by atoms with van der Waals surface area (Å²) in [5.74, 6) is 0.469. The van der Waals surface area contributed by atoms with E-state index in [2.05, 4.69) is 20.3 Å². The maximum atomic E-state index is 11.2. The summed E-state index contributed by atoms with van der Waals surface area (Å²) in [5, 5.41) is 9.50. The molecule has 1 aromatic rings. The lowest BCUT2D eigenvalue weighted by Gasteiger charge is -1.98. The molecular weight excluding hydrogens is 158 g/mol. The highest BCUT2D eigenvalue weighted by molar-refractivity contribution is 5.91. The van der Waals surface area contributed by atoms with Crippen molar-refractivity contribution in [3.8, 4) is 0 Å². The van der Waals surface area contributed by atoms with E-state index in [0.717, 1.165) is 6.54 Å². The molecule has 64 valence electrons. The molecule has 0 atom stereocenters. The Balaban J connectivity index is 1.83. The number of nitrogens with zero attached hydrogens (tertiary/aromatic N) is 2. The van der Waals surface area contributed by atoms with E-state index in [-0.39, 0.29) is 11.6 Å². The second-order valence-corrected chi connectivity index (χ2v) is 2.95. The van der Waals surface area contributed by atoms with Gasteiger partial charge in [0.25, 0.3) is 5.91 Å². The molecule has 1 aliphatic rings. The first-order valence-corrected chi connectivity index (χ1v) is 3.92. The van der Waals surface area contributed by atoms with Gasteiger partial charge in [0.05, 0.1) is 0 Å². The van der Waals surface area contributed by atoms with Crippen molar-refractivity contribution in [2.24, 2.45) is 5.92 Å². The fourth-order valence-electron chi connectivity index (χ4n) is 0.914. The van der Waals surface area contributed by atoms with Crippen LogP contribution in [0.5, 0.6) is 0 Å². The zero-order chi connectivity index (χ0) is 8.39. The fourth-order valence-corrected chi connectivity index (χ4v) is 0.914. The van der Waals surface area contributed by atoms with Crippen molar-refractivity contribution in [3.63, 3.8) is 0 Å². The Morgan fingerprint density at radius 1 is 1.75 bits per heavy atom. The lowest BCUT2D eigenvalue weighted by molar-refractivity contribution is 0.0942. The molecule has 0 saturated heterocycles. The molecule has 0 bridgehead atoms. The van der Waals surface area contributed by atoms with Crippen LogP contribution in [0.25, 0.3) is 0 Å². The van der Waals surface area contributed by atoms with Crippen LogP contribution in [0, 0.1) is 5.92 Å². The first kappa shape index (κ1) is 7.27. The lowest BCUT2D eigenvalue weighted by atomic mass is 10.4. The Morgan fingerprint density at radius 2 is 2.58 bits per heavy atom. The summed E-state index contributed by atoms with van der Waals surface area (Å²) in [6, 6.07) is 0. The third-order valence-electron chi connectivity index (χ3n) is 1.84. The monoisotopic (exact) mass is 167 g/mol. The molecule has 0 aromatic carbocycles. The van der Waals surface area contributed by atoms with Crippen molar-refractivity contribution in [3.05, 3.63) is 11.9 Å². The van der Waals surface area contributed by atoms with Crippen molar-refractivity contribution < 1.29 is 9.42 Å². The van der Waals surface area contributed by atoms with Crippen LogP contribution in [-0.2, 0) is 0 Å². The van der Waals surface area contributed by atoms with Crippen LogP contribution in [0.15, 0.2) is 10.8 Å². The Labute approximate surface area is 69.1 Å². The molecule has 1 saturated carbocycles. The van der Waals surface area contributed by atoms with Crippen molar-refractivity contribution in [1.29, 1.82) is 0 Å². The van der Waals surface area contributed by atoms with Crippen LogP contribution in [-0.4, -0.2) is 22.8 Å². The number of aromatic nitrogens is 2. The number of nitrogens with one attached hydrogen (secondary N) is 1. The summed E-state index contributed by atoms with van der Waals surface area (Å²) in [4.78, 5) is 11.2. The van der Waals surface area contributed by atoms with Crippen LogP contribution in [0.3, 0.4) is 0 Å². The highest BCUT2D eigenvalue weighted by Crippen LogP contribution is 2.27. The average molecular weight is 167 g/mol. The molecule has 2 rings (SSSR count). The number of hydrogen-bond acceptors (Lipinski definition) is 4. The highest BCUT2D eigenvalue weighted by Gasteiger charge is 2.22. The fraction of sp³-hybridized carbons (Fsp3) is 0.571. The summed E-state index contributed by atoms with van der Waals surface area (Å²) in [5.41, 5.74) is 0.246. The van der Waals surface area contributed by atoms with Crippen LogP contribution in [0.1, 0.15) is 23.3 Å². The van der Waals surface area contributed by atoms with E-state index in [4.69, 9.17) is 0 Å². The maximum absolute atomic E-state index is 11.2. The minimum absolute atomic E-state index is 0.205. The van der Waals surface area contributed by atoms with E-state index < -0.39 is 0 Å². The van der Waals surface area contributed by atoms with Crippen molar-refractivity contribution in [2.45, 2.75) is 12.8 Å². The first-order chi connectivity index (χ1) is 5.86. The van der Waals surface area contributed by atoms with Gasteiger partial charge in [-0.25, -0.2) is 4.63 Å². The third-order valence-corrected chi connectivity index (χ3v) is 1.84. The molecule has 1 amide bonds. The summed E-state index contributed by atoms with van der Waals surface area (Å²) in [6.07, 6.45) is 3.75. The van der Waals surface area contributed by atoms with Crippen molar-refractivity contribution in [1.82, 2.24) is 15.6 Å². The van der Waals surface area contributed by atoms with E-state index in [9.17, 15) is 4.79 Å². The molecule has 0 spiro atoms. The van der Waals surface area contributed by atoms with E-state index >= 15 is 0 Å². The molecule has 5 heteroatoms. The Morgan fingerprint density at radius 3 is 3.17 bits per heavy atom. The van der Waals surface area contributed by atoms with Gasteiger partial charge in [0.15, 0.2) is 5.69 Å². The molecule has 1 aromatic heterocycles. The maximum Gasteiger partial charge on any atom is 0.275 e. The number of carbonyl (C=O) groups is 1. The van der Waals surface area contributed by atoms with Crippen LogP contribution >= 0.6 is 0 Å². The van der Waals surface area contributed by atoms with Crippen LogP contribution in [0.4, 0.5) is 0 Å². The van der Waals surface area contributed by atoms with E-state index in [0.29, 0.717) is 5.92 Å². The molecule has 0 unspecified atom stereocenters. The van der Waals surface area contributed by atoms with Gasteiger partial charge in [0.2, 0.25) is 0 Å². The third kappa shape index (κ3) is 1.61. The largest absolute Gasteiger partial charge is 0.350 e. The van der Waals surface area contributed by atoms with Gasteiger partial charge in [-0.3, -0.25) is 4.79 Å². The number of carbonyl (C=O) groups excluding carboxylic acids is 1. The zero-order valence-corrected chi connectivity index (χ0v) is 6.49. The topological polar surface area (TPSA) is 68.0 Å². The van der Waals surface area contributed by atoms with Gasteiger partial charge in [-0.15, -0.1) is 0 Å². The SMILES string of the molecule is O=C(NCC1CC1)c1cnon1. The highest BCUT2D eigenvalue weighted by atomic mass is 16.6. The lowest BCUT2D eigenvalue weighted by Crippen LogP contribution is -2.25. The molecule has 0 aliphatic heterocycles.